The van der Waals surface area contributed by atoms with Crippen LogP contribution in [0, 0.1) is 5.82 Å². The number of sulfonamides is 1. The van der Waals surface area contributed by atoms with E-state index in [2.05, 4.69) is 0 Å². The molecule has 0 bridgehead atoms. The van der Waals surface area contributed by atoms with Gasteiger partial charge in [-0.25, -0.2) is 17.9 Å². The summed E-state index contributed by atoms with van der Waals surface area (Å²) in [6, 6.07) is 1.73. The zero-order valence-electron chi connectivity index (χ0n) is 6.87. The number of nitrogens with two attached hydrogens (primary N) is 1. The number of halogens is 2. The SMILES string of the molecule is NS(=O)(=O)c1cc(F)c(Cl)c(CO)c1. The highest BCUT2D eigenvalue weighted by Gasteiger charge is 2.14. The molecule has 7 heteroatoms. The molecule has 0 radical (unpaired) electrons. The van der Waals surface area contributed by atoms with Crippen LogP contribution in [0.1, 0.15) is 5.56 Å². The van der Waals surface area contributed by atoms with E-state index in [4.69, 9.17) is 21.8 Å². The molecule has 14 heavy (non-hydrogen) atoms. The van der Waals surface area contributed by atoms with Gasteiger partial charge < -0.3 is 5.11 Å². The normalized spacial score (nSPS) is 11.7. The fraction of sp³-hybridized carbons (Fsp3) is 0.143. The highest BCUT2D eigenvalue weighted by Crippen LogP contribution is 2.23. The van der Waals surface area contributed by atoms with Crippen molar-refractivity contribution in [3.63, 3.8) is 0 Å². The summed E-state index contributed by atoms with van der Waals surface area (Å²) in [5, 5.41) is 13.2. The van der Waals surface area contributed by atoms with Gasteiger partial charge in [-0.15, -0.1) is 0 Å². The fourth-order valence-electron chi connectivity index (χ4n) is 0.898. The molecule has 78 valence electrons. The maximum atomic E-state index is 13.0. The predicted octanol–water partition coefficient (Wildman–Crippen LogP) is 0.619. The van der Waals surface area contributed by atoms with Gasteiger partial charge in [0.05, 0.1) is 16.5 Å². The van der Waals surface area contributed by atoms with Gasteiger partial charge in [0.2, 0.25) is 10.0 Å². The Balaban J connectivity index is 3.46. The van der Waals surface area contributed by atoms with Crippen molar-refractivity contribution in [3.05, 3.63) is 28.5 Å². The van der Waals surface area contributed by atoms with Gasteiger partial charge in [0.15, 0.2) is 0 Å². The molecule has 3 N–H and O–H groups in total. The first-order valence-corrected chi connectivity index (χ1v) is 5.40. The number of hydrogen-bond acceptors (Lipinski definition) is 3. The lowest BCUT2D eigenvalue weighted by Gasteiger charge is -2.04. The lowest BCUT2D eigenvalue weighted by atomic mass is 10.2. The van der Waals surface area contributed by atoms with E-state index in [9.17, 15) is 12.8 Å². The van der Waals surface area contributed by atoms with E-state index in [1.165, 1.54) is 0 Å². The van der Waals surface area contributed by atoms with E-state index in [0.717, 1.165) is 6.07 Å². The number of aliphatic hydroxyl groups excluding tert-OH is 1. The summed E-state index contributed by atoms with van der Waals surface area (Å²) in [5.41, 5.74) is -0.0179. The van der Waals surface area contributed by atoms with E-state index >= 15 is 0 Å². The van der Waals surface area contributed by atoms with Crippen molar-refractivity contribution in [2.24, 2.45) is 5.14 Å². The van der Waals surface area contributed by atoms with Crippen LogP contribution in [-0.2, 0) is 16.6 Å². The second-order valence-corrected chi connectivity index (χ2v) is 4.52. The molecule has 0 aliphatic rings. The maximum Gasteiger partial charge on any atom is 0.238 e. The summed E-state index contributed by atoms with van der Waals surface area (Å²) in [5.74, 6) is -0.928. The molecule has 1 aromatic rings. The number of primary sulfonamides is 1. The highest BCUT2D eigenvalue weighted by molar-refractivity contribution is 7.89. The molecule has 4 nitrogen and oxygen atoms in total. The van der Waals surface area contributed by atoms with E-state index in [1.807, 2.05) is 0 Å². The quantitative estimate of drug-likeness (QED) is 0.794. The van der Waals surface area contributed by atoms with E-state index in [0.29, 0.717) is 6.07 Å². The third kappa shape index (κ3) is 2.21. The van der Waals surface area contributed by atoms with Crippen molar-refractivity contribution < 1.29 is 17.9 Å². The second kappa shape index (κ2) is 3.82. The van der Waals surface area contributed by atoms with Crippen molar-refractivity contribution in [2.75, 3.05) is 0 Å². The van der Waals surface area contributed by atoms with Crippen LogP contribution in [0.2, 0.25) is 5.02 Å². The smallest absolute Gasteiger partial charge is 0.238 e. The molecule has 0 aromatic heterocycles. The molecule has 1 rings (SSSR count). The van der Waals surface area contributed by atoms with E-state index in [1.54, 1.807) is 0 Å². The Labute approximate surface area is 85.2 Å². The van der Waals surface area contributed by atoms with Crippen LogP contribution >= 0.6 is 11.6 Å². The van der Waals surface area contributed by atoms with E-state index < -0.39 is 27.3 Å². The first-order valence-electron chi connectivity index (χ1n) is 3.48. The van der Waals surface area contributed by atoms with Crippen LogP contribution in [0.25, 0.3) is 0 Å². The lowest BCUT2D eigenvalue weighted by Crippen LogP contribution is -2.13. The predicted molar refractivity (Wildman–Crippen MR) is 48.7 cm³/mol. The second-order valence-electron chi connectivity index (χ2n) is 2.58. The molecule has 0 unspecified atom stereocenters. The molecule has 0 spiro atoms. The van der Waals surface area contributed by atoms with Crippen molar-refractivity contribution in [3.8, 4) is 0 Å². The molecule has 0 atom stereocenters. The Hall–Kier alpha value is -0.690. The van der Waals surface area contributed by atoms with E-state index in [-0.39, 0.29) is 10.6 Å². The highest BCUT2D eigenvalue weighted by atomic mass is 35.5. The molecule has 0 aliphatic carbocycles. The molecule has 0 saturated carbocycles. The Morgan fingerprint density at radius 1 is 1.50 bits per heavy atom. The first-order chi connectivity index (χ1) is 6.36. The molecule has 0 saturated heterocycles. The van der Waals surface area contributed by atoms with Crippen LogP contribution < -0.4 is 5.14 Å². The summed E-state index contributed by atoms with van der Waals surface area (Å²) >= 11 is 5.44. The maximum absolute atomic E-state index is 13.0. The summed E-state index contributed by atoms with van der Waals surface area (Å²) in [6.45, 7) is -0.556. The van der Waals surface area contributed by atoms with Gasteiger partial charge in [0.1, 0.15) is 5.82 Å². The minimum absolute atomic E-state index is 0.0179. The number of hydrogen-bond donors (Lipinski definition) is 2. The number of aliphatic hydroxyl groups is 1. The van der Waals surface area contributed by atoms with Crippen molar-refractivity contribution in [1.82, 2.24) is 0 Å². The van der Waals surface area contributed by atoms with Crippen LogP contribution in [0.3, 0.4) is 0 Å². The number of rotatable bonds is 2. The largest absolute Gasteiger partial charge is 0.392 e. The van der Waals surface area contributed by atoms with Crippen molar-refractivity contribution in [1.29, 1.82) is 0 Å². The fourth-order valence-corrected chi connectivity index (χ4v) is 1.64. The average Bonchev–Trinajstić information content (AvgIpc) is 2.07. The summed E-state index contributed by atoms with van der Waals surface area (Å²) in [6.07, 6.45) is 0. The Kier molecular flexibility index (Phi) is 3.10. The molecule has 0 amide bonds. The molecule has 0 aliphatic heterocycles. The third-order valence-corrected chi connectivity index (χ3v) is 2.89. The minimum Gasteiger partial charge on any atom is -0.392 e. The molecule has 0 fully saturated rings. The van der Waals surface area contributed by atoms with Gasteiger partial charge in [-0.1, -0.05) is 11.6 Å². The van der Waals surface area contributed by atoms with Crippen LogP contribution in [-0.4, -0.2) is 13.5 Å². The van der Waals surface area contributed by atoms with Gasteiger partial charge in [-0.3, -0.25) is 0 Å². The van der Waals surface area contributed by atoms with Gasteiger partial charge in [0, 0.05) is 5.56 Å². The zero-order valence-corrected chi connectivity index (χ0v) is 8.44. The minimum atomic E-state index is -3.98. The Morgan fingerprint density at radius 3 is 2.50 bits per heavy atom. The van der Waals surface area contributed by atoms with Gasteiger partial charge in [-0.2, -0.15) is 0 Å². The third-order valence-electron chi connectivity index (χ3n) is 1.58. The van der Waals surface area contributed by atoms with Crippen LogP contribution in [0.5, 0.6) is 0 Å². The average molecular weight is 240 g/mol. The monoisotopic (exact) mass is 239 g/mol. The zero-order chi connectivity index (χ0) is 10.9. The topological polar surface area (TPSA) is 80.4 Å². The van der Waals surface area contributed by atoms with Gasteiger partial charge >= 0.3 is 0 Å². The number of benzene rings is 1. The summed E-state index contributed by atoms with van der Waals surface area (Å²) in [4.78, 5) is -0.413. The van der Waals surface area contributed by atoms with Crippen LogP contribution in [0.15, 0.2) is 17.0 Å². The van der Waals surface area contributed by atoms with Crippen LogP contribution in [0.4, 0.5) is 4.39 Å². The van der Waals surface area contributed by atoms with Crippen molar-refractivity contribution >= 4 is 21.6 Å². The first kappa shape index (κ1) is 11.4. The summed E-state index contributed by atoms with van der Waals surface area (Å²) < 4.78 is 34.7. The van der Waals surface area contributed by atoms with Crippen molar-refractivity contribution in [2.45, 2.75) is 11.5 Å². The molecule has 1 aromatic carbocycles. The molecular formula is C7H7ClFNO3S. The Bertz CT molecular complexity index is 460. The summed E-state index contributed by atoms with van der Waals surface area (Å²) in [7, 11) is -3.98. The standard InChI is InChI=1S/C7H7ClFNO3S/c8-7-4(3-11)1-5(2-6(7)9)14(10,12)13/h1-2,11H,3H2,(H2,10,12,13). The van der Waals surface area contributed by atoms with Gasteiger partial charge in [-0.05, 0) is 12.1 Å². The Morgan fingerprint density at radius 2 is 2.07 bits per heavy atom. The molecule has 0 heterocycles. The molecular weight excluding hydrogens is 233 g/mol. The lowest BCUT2D eigenvalue weighted by molar-refractivity contribution is 0.281. The van der Waals surface area contributed by atoms with Gasteiger partial charge in [0.25, 0.3) is 0 Å².